The van der Waals surface area contributed by atoms with E-state index in [4.69, 9.17) is 0 Å². The molecule has 4 aromatic carbocycles. The lowest BCUT2D eigenvalue weighted by atomic mass is 10.1. The normalized spacial score (nSPS) is 12.3. The van der Waals surface area contributed by atoms with Crippen LogP contribution in [0, 0.1) is 0 Å². The molecule has 1 amide bonds. The van der Waals surface area contributed by atoms with Gasteiger partial charge in [0, 0.05) is 23.7 Å². The molecule has 0 aliphatic heterocycles. The zero-order chi connectivity index (χ0) is 23.0. The number of nitrogens with one attached hydrogen (secondary N) is 1. The zero-order valence-electron chi connectivity index (χ0n) is 17.6. The second kappa shape index (κ2) is 8.31. The van der Waals surface area contributed by atoms with Crippen molar-refractivity contribution in [2.45, 2.75) is 4.90 Å². The summed E-state index contributed by atoms with van der Waals surface area (Å²) < 4.78 is 30.5. The van der Waals surface area contributed by atoms with Gasteiger partial charge in [-0.05, 0) is 47.9 Å². The monoisotopic (exact) mass is 473 g/mol. The topological polar surface area (TPSA) is 80.5 Å². The van der Waals surface area contributed by atoms with Crippen LogP contribution in [0.15, 0.2) is 101 Å². The van der Waals surface area contributed by atoms with E-state index in [1.807, 2.05) is 29.8 Å². The van der Waals surface area contributed by atoms with Gasteiger partial charge in [-0.15, -0.1) is 0 Å². The largest absolute Gasteiger partial charge is 0.319 e. The highest BCUT2D eigenvalue weighted by molar-refractivity contribution is 7.92. The van der Waals surface area contributed by atoms with Crippen molar-refractivity contribution in [3.8, 4) is 0 Å². The smallest absolute Gasteiger partial charge is 0.279 e. The van der Waals surface area contributed by atoms with Gasteiger partial charge in [0.15, 0.2) is 4.80 Å². The van der Waals surface area contributed by atoms with Gasteiger partial charge in [0.1, 0.15) is 0 Å². The summed E-state index contributed by atoms with van der Waals surface area (Å²) in [7, 11) is -1.80. The highest BCUT2D eigenvalue weighted by atomic mass is 32.2. The molecule has 0 fully saturated rings. The maximum absolute atomic E-state index is 12.8. The Bertz CT molecular complexity index is 1670. The lowest BCUT2D eigenvalue weighted by Crippen LogP contribution is -2.14. The summed E-state index contributed by atoms with van der Waals surface area (Å²) in [6.45, 7) is 0. The SMILES string of the molecule is Cn1c(=NC(=O)c2ccc(NS(=O)(=O)c3ccccc3)cc2)sc2c3ccccc3ccc21. The van der Waals surface area contributed by atoms with Crippen LogP contribution in [0.4, 0.5) is 5.69 Å². The third-order valence-corrected chi connectivity index (χ3v) is 7.91. The van der Waals surface area contributed by atoms with Gasteiger partial charge in [-0.25, -0.2) is 8.42 Å². The molecule has 0 saturated carbocycles. The fourth-order valence-electron chi connectivity index (χ4n) is 3.61. The van der Waals surface area contributed by atoms with Crippen molar-refractivity contribution in [2.75, 3.05) is 4.72 Å². The number of rotatable bonds is 4. The van der Waals surface area contributed by atoms with Crippen molar-refractivity contribution in [1.82, 2.24) is 4.57 Å². The van der Waals surface area contributed by atoms with Crippen LogP contribution in [0.2, 0.25) is 0 Å². The number of aromatic nitrogens is 1. The van der Waals surface area contributed by atoms with E-state index in [1.165, 1.54) is 23.5 Å². The summed E-state index contributed by atoms with van der Waals surface area (Å²) in [6.07, 6.45) is 0. The third kappa shape index (κ3) is 4.06. The van der Waals surface area contributed by atoms with E-state index < -0.39 is 10.0 Å². The van der Waals surface area contributed by atoms with E-state index in [9.17, 15) is 13.2 Å². The second-order valence-corrected chi connectivity index (χ2v) is 10.2. The van der Waals surface area contributed by atoms with Crippen LogP contribution in [-0.4, -0.2) is 18.9 Å². The first-order valence-electron chi connectivity index (χ1n) is 10.2. The second-order valence-electron chi connectivity index (χ2n) is 7.49. The van der Waals surface area contributed by atoms with Crippen molar-refractivity contribution in [1.29, 1.82) is 0 Å². The Morgan fingerprint density at radius 1 is 0.879 bits per heavy atom. The lowest BCUT2D eigenvalue weighted by Gasteiger charge is -2.08. The van der Waals surface area contributed by atoms with Crippen LogP contribution >= 0.6 is 11.3 Å². The molecule has 33 heavy (non-hydrogen) atoms. The molecule has 0 aliphatic rings. The molecule has 6 nitrogen and oxygen atoms in total. The fourth-order valence-corrected chi connectivity index (χ4v) is 5.84. The van der Waals surface area contributed by atoms with Gasteiger partial charge in [-0.2, -0.15) is 4.99 Å². The summed E-state index contributed by atoms with van der Waals surface area (Å²) in [5, 5.41) is 2.26. The highest BCUT2D eigenvalue weighted by Gasteiger charge is 2.14. The molecule has 0 radical (unpaired) electrons. The predicted octanol–water partition coefficient (Wildman–Crippen LogP) is 4.93. The summed E-state index contributed by atoms with van der Waals surface area (Å²) in [5.41, 5.74) is 1.75. The number of aryl methyl sites for hydroxylation is 1. The quantitative estimate of drug-likeness (QED) is 0.402. The predicted molar refractivity (Wildman–Crippen MR) is 132 cm³/mol. The van der Waals surface area contributed by atoms with Crippen molar-refractivity contribution < 1.29 is 13.2 Å². The number of carbonyl (C=O) groups is 1. The molecule has 5 rings (SSSR count). The molecule has 0 aliphatic carbocycles. The van der Waals surface area contributed by atoms with Gasteiger partial charge in [-0.3, -0.25) is 9.52 Å². The first-order valence-corrected chi connectivity index (χ1v) is 12.5. The number of fused-ring (bicyclic) bond motifs is 3. The minimum atomic E-state index is -3.69. The Hall–Kier alpha value is -3.75. The van der Waals surface area contributed by atoms with Crippen LogP contribution in [0.1, 0.15) is 10.4 Å². The number of benzene rings is 4. The number of hydrogen-bond acceptors (Lipinski definition) is 4. The number of sulfonamides is 1. The maximum atomic E-state index is 12.8. The van der Waals surface area contributed by atoms with E-state index in [0.29, 0.717) is 16.1 Å². The summed E-state index contributed by atoms with van der Waals surface area (Å²) in [4.78, 5) is 17.9. The van der Waals surface area contributed by atoms with Crippen LogP contribution in [-0.2, 0) is 17.1 Å². The van der Waals surface area contributed by atoms with Crippen LogP contribution < -0.4 is 9.52 Å². The summed E-state index contributed by atoms with van der Waals surface area (Å²) in [6, 6.07) is 26.6. The number of carbonyl (C=O) groups excluding carboxylic acids is 1. The van der Waals surface area contributed by atoms with E-state index >= 15 is 0 Å². The van der Waals surface area contributed by atoms with E-state index in [-0.39, 0.29) is 10.8 Å². The van der Waals surface area contributed by atoms with E-state index in [1.54, 1.807) is 42.5 Å². The van der Waals surface area contributed by atoms with Gasteiger partial charge in [0.25, 0.3) is 15.9 Å². The Morgan fingerprint density at radius 3 is 2.33 bits per heavy atom. The standard InChI is InChI=1S/C25H19N3O3S2/c1-28-22-16-13-17-7-5-6-10-21(17)23(22)32-25(28)26-24(29)18-11-14-19(15-12-18)27-33(30,31)20-8-3-2-4-9-20/h2-16,27H,1H3. The minimum Gasteiger partial charge on any atom is -0.319 e. The molecule has 0 saturated heterocycles. The highest BCUT2D eigenvalue weighted by Crippen LogP contribution is 2.27. The van der Waals surface area contributed by atoms with Crippen molar-refractivity contribution in [3.63, 3.8) is 0 Å². The zero-order valence-corrected chi connectivity index (χ0v) is 19.2. The molecule has 0 bridgehead atoms. The van der Waals surface area contributed by atoms with Crippen LogP contribution in [0.5, 0.6) is 0 Å². The first-order chi connectivity index (χ1) is 15.9. The van der Waals surface area contributed by atoms with Crippen molar-refractivity contribution >= 4 is 53.9 Å². The first kappa shape index (κ1) is 21.1. The Kier molecular flexibility index (Phi) is 5.32. The number of anilines is 1. The molecule has 0 atom stereocenters. The van der Waals surface area contributed by atoms with Gasteiger partial charge in [0.2, 0.25) is 0 Å². The van der Waals surface area contributed by atoms with E-state index in [0.717, 1.165) is 21.0 Å². The number of nitrogens with zero attached hydrogens (tertiary/aromatic N) is 2. The lowest BCUT2D eigenvalue weighted by molar-refractivity contribution is 0.0998. The van der Waals surface area contributed by atoms with Gasteiger partial charge in [0.05, 0.1) is 15.1 Å². The Labute approximate surface area is 194 Å². The number of amides is 1. The molecule has 0 spiro atoms. The Balaban J connectivity index is 1.44. The molecule has 5 aromatic rings. The summed E-state index contributed by atoms with van der Waals surface area (Å²) in [5.74, 6) is -0.390. The van der Waals surface area contributed by atoms with Gasteiger partial charge in [-0.1, -0.05) is 59.9 Å². The molecular formula is C25H19N3O3S2. The van der Waals surface area contributed by atoms with Gasteiger partial charge >= 0.3 is 0 Å². The van der Waals surface area contributed by atoms with Gasteiger partial charge < -0.3 is 4.57 Å². The molecular weight excluding hydrogens is 454 g/mol. The average Bonchev–Trinajstić information content (AvgIpc) is 3.15. The molecule has 1 heterocycles. The average molecular weight is 474 g/mol. The fraction of sp³-hybridized carbons (Fsp3) is 0.0400. The van der Waals surface area contributed by atoms with E-state index in [2.05, 4.69) is 27.9 Å². The van der Waals surface area contributed by atoms with Crippen LogP contribution in [0.3, 0.4) is 0 Å². The minimum absolute atomic E-state index is 0.171. The molecule has 0 unspecified atom stereocenters. The summed E-state index contributed by atoms with van der Waals surface area (Å²) >= 11 is 1.47. The number of thiazole rings is 1. The molecule has 8 heteroatoms. The Morgan fingerprint density at radius 2 is 1.58 bits per heavy atom. The van der Waals surface area contributed by atoms with Crippen molar-refractivity contribution in [3.05, 3.63) is 101 Å². The number of hydrogen-bond donors (Lipinski definition) is 1. The molecule has 1 aromatic heterocycles. The molecule has 1 N–H and O–H groups in total. The maximum Gasteiger partial charge on any atom is 0.279 e. The molecule has 164 valence electrons. The van der Waals surface area contributed by atoms with Crippen LogP contribution in [0.25, 0.3) is 21.0 Å². The third-order valence-electron chi connectivity index (χ3n) is 5.34. The van der Waals surface area contributed by atoms with Crippen molar-refractivity contribution in [2.24, 2.45) is 12.0 Å².